The Morgan fingerprint density at radius 3 is 2.67 bits per heavy atom. The minimum Gasteiger partial charge on any atom is -0.481 e. The molecule has 3 nitrogen and oxygen atoms in total. The van der Waals surface area contributed by atoms with Gasteiger partial charge in [0, 0.05) is 5.92 Å². The summed E-state index contributed by atoms with van der Waals surface area (Å²) in [7, 11) is 0. The molecule has 1 aromatic rings. The fourth-order valence-corrected chi connectivity index (χ4v) is 3.73. The van der Waals surface area contributed by atoms with E-state index in [9.17, 15) is 15.0 Å². The number of aliphatic hydroxyl groups is 1. The lowest BCUT2D eigenvalue weighted by atomic mass is 9.65. The number of aliphatic carboxylic acids is 1. The predicted molar refractivity (Wildman–Crippen MR) is 83.3 cm³/mol. The van der Waals surface area contributed by atoms with E-state index in [2.05, 4.69) is 6.92 Å². The molecule has 1 fully saturated rings. The van der Waals surface area contributed by atoms with Crippen LogP contribution in [0.1, 0.15) is 63.4 Å². The number of carboxylic acids is 1. The van der Waals surface area contributed by atoms with Crippen LogP contribution in [0.5, 0.6) is 0 Å². The number of carbonyl (C=O) groups is 1. The third-order valence-corrected chi connectivity index (χ3v) is 4.87. The molecule has 3 heteroatoms. The van der Waals surface area contributed by atoms with Crippen LogP contribution in [0.4, 0.5) is 0 Å². The minimum absolute atomic E-state index is 0.0644. The molecular weight excluding hydrogens is 264 g/mol. The van der Waals surface area contributed by atoms with Gasteiger partial charge in [-0.25, -0.2) is 0 Å². The van der Waals surface area contributed by atoms with Gasteiger partial charge in [0.1, 0.15) is 0 Å². The van der Waals surface area contributed by atoms with E-state index in [-0.39, 0.29) is 5.92 Å². The molecule has 1 saturated carbocycles. The molecule has 116 valence electrons. The summed E-state index contributed by atoms with van der Waals surface area (Å²) in [6, 6.07) is 9.91. The third kappa shape index (κ3) is 3.46. The SMILES string of the molecule is CCCCC(C(=O)O)C1(O)CCCCC1c1ccccc1. The molecule has 0 aromatic heterocycles. The van der Waals surface area contributed by atoms with Crippen molar-refractivity contribution < 1.29 is 15.0 Å². The fraction of sp³-hybridized carbons (Fsp3) is 0.611. The van der Waals surface area contributed by atoms with Crippen molar-refractivity contribution in [3.8, 4) is 0 Å². The summed E-state index contributed by atoms with van der Waals surface area (Å²) in [6.07, 6.45) is 5.80. The molecule has 1 aliphatic rings. The normalized spacial score (nSPS) is 27.2. The molecule has 0 radical (unpaired) electrons. The highest BCUT2D eigenvalue weighted by molar-refractivity contribution is 5.72. The Balaban J connectivity index is 2.31. The van der Waals surface area contributed by atoms with Crippen LogP contribution in [-0.4, -0.2) is 21.8 Å². The van der Waals surface area contributed by atoms with E-state index in [0.29, 0.717) is 12.8 Å². The van der Waals surface area contributed by atoms with Gasteiger partial charge >= 0.3 is 5.97 Å². The quantitative estimate of drug-likeness (QED) is 0.833. The van der Waals surface area contributed by atoms with Crippen LogP contribution in [0.2, 0.25) is 0 Å². The van der Waals surface area contributed by atoms with Gasteiger partial charge in [-0.2, -0.15) is 0 Å². The van der Waals surface area contributed by atoms with Gasteiger partial charge in [0.25, 0.3) is 0 Å². The van der Waals surface area contributed by atoms with E-state index in [1.807, 2.05) is 30.3 Å². The maximum atomic E-state index is 11.7. The van der Waals surface area contributed by atoms with Gasteiger partial charge in [-0.15, -0.1) is 0 Å². The topological polar surface area (TPSA) is 57.5 Å². The lowest BCUT2D eigenvalue weighted by molar-refractivity contribution is -0.158. The molecule has 1 aliphatic carbocycles. The van der Waals surface area contributed by atoms with Crippen molar-refractivity contribution in [2.24, 2.45) is 5.92 Å². The number of hydrogen-bond acceptors (Lipinski definition) is 2. The molecular formula is C18H26O3. The van der Waals surface area contributed by atoms with Crippen molar-refractivity contribution in [2.75, 3.05) is 0 Å². The molecule has 0 spiro atoms. The third-order valence-electron chi connectivity index (χ3n) is 4.87. The standard InChI is InChI=1S/C18H26O3/c1-2-3-11-16(17(19)20)18(21)13-8-7-12-15(18)14-9-5-4-6-10-14/h4-6,9-10,15-16,21H,2-3,7-8,11-13H2,1H3,(H,19,20). The first-order valence-electron chi connectivity index (χ1n) is 8.09. The summed E-state index contributed by atoms with van der Waals surface area (Å²) in [5.74, 6) is -1.58. The van der Waals surface area contributed by atoms with Crippen molar-refractivity contribution in [3.63, 3.8) is 0 Å². The van der Waals surface area contributed by atoms with E-state index in [0.717, 1.165) is 37.7 Å². The lowest BCUT2D eigenvalue weighted by Gasteiger charge is -2.44. The zero-order chi connectivity index (χ0) is 15.3. The van der Waals surface area contributed by atoms with Gasteiger partial charge in [-0.05, 0) is 24.8 Å². The van der Waals surface area contributed by atoms with Crippen molar-refractivity contribution in [1.29, 1.82) is 0 Å². The number of carboxylic acid groups (broad SMARTS) is 1. The minimum atomic E-state index is -1.11. The molecule has 0 heterocycles. The molecule has 0 saturated heterocycles. The van der Waals surface area contributed by atoms with E-state index in [1.54, 1.807) is 0 Å². The lowest BCUT2D eigenvalue weighted by Crippen LogP contribution is -2.49. The maximum Gasteiger partial charge on any atom is 0.309 e. The second kappa shape index (κ2) is 7.08. The van der Waals surface area contributed by atoms with Gasteiger partial charge in [-0.1, -0.05) is 62.9 Å². The Kier molecular flexibility index (Phi) is 5.40. The Morgan fingerprint density at radius 2 is 2.05 bits per heavy atom. The summed E-state index contributed by atoms with van der Waals surface area (Å²) in [4.78, 5) is 11.7. The van der Waals surface area contributed by atoms with Crippen LogP contribution in [0.25, 0.3) is 0 Å². The Bertz CT molecular complexity index is 457. The van der Waals surface area contributed by atoms with Gasteiger partial charge in [0.05, 0.1) is 11.5 Å². The predicted octanol–water partition coefficient (Wildman–Crippen LogP) is 3.97. The van der Waals surface area contributed by atoms with Crippen molar-refractivity contribution >= 4 is 5.97 Å². The molecule has 2 N–H and O–H groups in total. The van der Waals surface area contributed by atoms with Gasteiger partial charge in [0.2, 0.25) is 0 Å². The summed E-state index contributed by atoms with van der Waals surface area (Å²) >= 11 is 0. The Hall–Kier alpha value is -1.35. The summed E-state index contributed by atoms with van der Waals surface area (Å²) < 4.78 is 0. The van der Waals surface area contributed by atoms with Crippen molar-refractivity contribution in [2.45, 2.75) is 63.4 Å². The summed E-state index contributed by atoms with van der Waals surface area (Å²) in [5, 5.41) is 20.9. The molecule has 0 amide bonds. The van der Waals surface area contributed by atoms with Crippen molar-refractivity contribution in [1.82, 2.24) is 0 Å². The van der Waals surface area contributed by atoms with E-state index in [1.165, 1.54) is 0 Å². The average Bonchev–Trinajstić information content (AvgIpc) is 2.48. The average molecular weight is 290 g/mol. The van der Waals surface area contributed by atoms with Crippen LogP contribution in [0, 0.1) is 5.92 Å². The first-order valence-corrected chi connectivity index (χ1v) is 8.09. The molecule has 21 heavy (non-hydrogen) atoms. The van der Waals surface area contributed by atoms with Gasteiger partial charge in [-0.3, -0.25) is 4.79 Å². The second-order valence-electron chi connectivity index (χ2n) is 6.23. The first kappa shape index (κ1) is 16.0. The molecule has 3 unspecified atom stereocenters. The highest BCUT2D eigenvalue weighted by Gasteiger charge is 2.48. The smallest absolute Gasteiger partial charge is 0.309 e. The van der Waals surface area contributed by atoms with E-state index >= 15 is 0 Å². The number of benzene rings is 1. The molecule has 0 bridgehead atoms. The van der Waals surface area contributed by atoms with Crippen molar-refractivity contribution in [3.05, 3.63) is 35.9 Å². The molecule has 3 atom stereocenters. The molecule has 2 rings (SSSR count). The van der Waals surface area contributed by atoms with Crippen LogP contribution in [-0.2, 0) is 4.79 Å². The molecule has 0 aliphatic heterocycles. The van der Waals surface area contributed by atoms with Crippen LogP contribution >= 0.6 is 0 Å². The highest BCUT2D eigenvalue weighted by atomic mass is 16.4. The zero-order valence-electron chi connectivity index (χ0n) is 12.8. The van der Waals surface area contributed by atoms with Gasteiger partial charge in [0.15, 0.2) is 0 Å². The van der Waals surface area contributed by atoms with Crippen LogP contribution in [0.15, 0.2) is 30.3 Å². The number of hydrogen-bond donors (Lipinski definition) is 2. The largest absolute Gasteiger partial charge is 0.481 e. The zero-order valence-corrected chi connectivity index (χ0v) is 12.8. The highest BCUT2D eigenvalue weighted by Crippen LogP contribution is 2.46. The first-order chi connectivity index (χ1) is 10.1. The summed E-state index contributed by atoms with van der Waals surface area (Å²) in [5.41, 5.74) is -0.0388. The van der Waals surface area contributed by atoms with E-state index in [4.69, 9.17) is 0 Å². The van der Waals surface area contributed by atoms with Gasteiger partial charge < -0.3 is 10.2 Å². The van der Waals surface area contributed by atoms with Crippen LogP contribution in [0.3, 0.4) is 0 Å². The Morgan fingerprint density at radius 1 is 1.33 bits per heavy atom. The maximum absolute atomic E-state index is 11.7. The van der Waals surface area contributed by atoms with E-state index < -0.39 is 17.5 Å². The monoisotopic (exact) mass is 290 g/mol. The summed E-state index contributed by atoms with van der Waals surface area (Å²) in [6.45, 7) is 2.05. The second-order valence-corrected chi connectivity index (χ2v) is 6.23. The fourth-order valence-electron chi connectivity index (χ4n) is 3.73. The number of rotatable bonds is 6. The molecule has 1 aromatic carbocycles. The Labute approximate surface area is 127 Å². The number of unbranched alkanes of at least 4 members (excludes halogenated alkanes) is 1. The van der Waals surface area contributed by atoms with Crippen LogP contribution < -0.4 is 0 Å².